The molecule has 3 aromatic rings. The normalized spacial score (nSPS) is 14.7. The second kappa shape index (κ2) is 9.78. The van der Waals surface area contributed by atoms with Crippen molar-refractivity contribution in [1.29, 1.82) is 0 Å². The number of benzene rings is 3. The van der Waals surface area contributed by atoms with Gasteiger partial charge in [-0.3, -0.25) is 25.0 Å². The molecule has 35 heavy (non-hydrogen) atoms. The summed E-state index contributed by atoms with van der Waals surface area (Å²) in [5.41, 5.74) is 1.63. The lowest BCUT2D eigenvalue weighted by atomic mass is 10.1. The molecule has 0 aromatic heterocycles. The van der Waals surface area contributed by atoms with Crippen LogP contribution in [0.15, 0.2) is 72.3 Å². The van der Waals surface area contributed by atoms with Crippen LogP contribution in [0.1, 0.15) is 16.7 Å². The first-order valence-electron chi connectivity index (χ1n) is 10.4. The van der Waals surface area contributed by atoms with Gasteiger partial charge in [-0.05, 0) is 42.3 Å². The number of ether oxygens (including phenoxy) is 1. The second-order valence-electron chi connectivity index (χ2n) is 7.64. The highest BCUT2D eigenvalue weighted by molar-refractivity contribution is 6.39. The van der Waals surface area contributed by atoms with Crippen LogP contribution in [0.25, 0.3) is 6.08 Å². The number of urea groups is 1. The van der Waals surface area contributed by atoms with E-state index in [9.17, 15) is 24.5 Å². The van der Waals surface area contributed by atoms with Crippen molar-refractivity contribution < 1.29 is 24.0 Å². The van der Waals surface area contributed by atoms with Crippen LogP contribution in [0.2, 0.25) is 5.02 Å². The molecular weight excluding hydrogens is 474 g/mol. The summed E-state index contributed by atoms with van der Waals surface area (Å²) in [5, 5.41) is 13.5. The molecule has 4 amide bonds. The number of para-hydroxylation sites is 1. The molecule has 10 heteroatoms. The van der Waals surface area contributed by atoms with E-state index in [2.05, 4.69) is 5.32 Å². The van der Waals surface area contributed by atoms with Gasteiger partial charge in [0.2, 0.25) is 0 Å². The Bertz CT molecular complexity index is 1400. The van der Waals surface area contributed by atoms with Gasteiger partial charge in [0.1, 0.15) is 17.9 Å². The number of nitrogens with one attached hydrogen (secondary N) is 1. The maximum absolute atomic E-state index is 13.2. The van der Waals surface area contributed by atoms with Crippen molar-refractivity contribution in [3.05, 3.63) is 104 Å². The van der Waals surface area contributed by atoms with Gasteiger partial charge in [0.05, 0.1) is 10.6 Å². The van der Waals surface area contributed by atoms with Crippen LogP contribution in [0.5, 0.6) is 5.75 Å². The third-order valence-corrected chi connectivity index (χ3v) is 5.66. The molecule has 0 bridgehead atoms. The number of aryl methyl sites for hydroxylation is 1. The van der Waals surface area contributed by atoms with Crippen molar-refractivity contribution in [1.82, 2.24) is 5.32 Å². The molecule has 0 aliphatic carbocycles. The van der Waals surface area contributed by atoms with Gasteiger partial charge in [0, 0.05) is 22.7 Å². The largest absolute Gasteiger partial charge is 0.488 e. The first-order valence-corrected chi connectivity index (χ1v) is 10.7. The quantitative estimate of drug-likeness (QED) is 0.229. The van der Waals surface area contributed by atoms with Crippen LogP contribution < -0.4 is 15.0 Å². The third kappa shape index (κ3) is 5.04. The van der Waals surface area contributed by atoms with Crippen molar-refractivity contribution in [3.8, 4) is 5.75 Å². The van der Waals surface area contributed by atoms with E-state index in [4.69, 9.17) is 16.3 Å². The number of non-ortho nitro benzene ring substituents is 1. The Kier molecular flexibility index (Phi) is 6.61. The highest BCUT2D eigenvalue weighted by atomic mass is 35.5. The van der Waals surface area contributed by atoms with Crippen LogP contribution in [0, 0.1) is 17.0 Å². The Morgan fingerprint density at radius 1 is 1.06 bits per heavy atom. The first-order chi connectivity index (χ1) is 16.7. The minimum atomic E-state index is -0.882. The molecule has 0 spiro atoms. The van der Waals surface area contributed by atoms with Crippen molar-refractivity contribution in [2.45, 2.75) is 13.5 Å². The van der Waals surface area contributed by atoms with Crippen molar-refractivity contribution in [2.75, 3.05) is 4.90 Å². The SMILES string of the molecule is Cc1ccc(N2C(=O)NC(=O)/C(=C\c3ccccc3OCc3cccc([N+](=O)[O-])c3)C2=O)cc1Cl. The Morgan fingerprint density at radius 2 is 1.83 bits per heavy atom. The minimum Gasteiger partial charge on any atom is -0.488 e. The molecule has 3 aromatic carbocycles. The summed E-state index contributed by atoms with van der Waals surface area (Å²) in [6, 6.07) is 16.5. The zero-order valence-electron chi connectivity index (χ0n) is 18.4. The highest BCUT2D eigenvalue weighted by Gasteiger charge is 2.37. The summed E-state index contributed by atoms with van der Waals surface area (Å²) in [6.45, 7) is 1.80. The van der Waals surface area contributed by atoms with E-state index in [0.29, 0.717) is 21.9 Å². The minimum absolute atomic E-state index is 0.0223. The smallest absolute Gasteiger partial charge is 0.335 e. The van der Waals surface area contributed by atoms with E-state index >= 15 is 0 Å². The third-order valence-electron chi connectivity index (χ3n) is 5.25. The fraction of sp³-hybridized carbons (Fsp3) is 0.0800. The van der Waals surface area contributed by atoms with Crippen LogP contribution in [-0.2, 0) is 16.2 Å². The number of rotatable bonds is 6. The van der Waals surface area contributed by atoms with E-state index in [-0.39, 0.29) is 23.6 Å². The molecule has 4 rings (SSSR count). The predicted molar refractivity (Wildman–Crippen MR) is 129 cm³/mol. The Hall–Kier alpha value is -4.50. The number of hydrogen-bond acceptors (Lipinski definition) is 6. The van der Waals surface area contributed by atoms with Crippen molar-refractivity contribution >= 4 is 46.9 Å². The molecule has 0 radical (unpaired) electrons. The molecule has 9 nitrogen and oxygen atoms in total. The van der Waals surface area contributed by atoms with E-state index in [1.807, 2.05) is 0 Å². The van der Waals surface area contributed by atoms with Gasteiger partial charge in [-0.2, -0.15) is 0 Å². The van der Waals surface area contributed by atoms with Crippen LogP contribution >= 0.6 is 11.6 Å². The molecule has 1 aliphatic rings. The lowest BCUT2D eigenvalue weighted by Gasteiger charge is -2.26. The Labute approximate surface area is 204 Å². The van der Waals surface area contributed by atoms with Gasteiger partial charge in [-0.1, -0.05) is 48.0 Å². The predicted octanol–water partition coefficient (Wildman–Crippen LogP) is 4.80. The Balaban J connectivity index is 1.63. The number of imide groups is 2. The number of nitro benzene ring substituents is 1. The van der Waals surface area contributed by atoms with Gasteiger partial charge in [-0.15, -0.1) is 0 Å². The van der Waals surface area contributed by atoms with Crippen molar-refractivity contribution in [2.24, 2.45) is 0 Å². The summed E-state index contributed by atoms with van der Waals surface area (Å²) in [6.07, 6.45) is 1.33. The molecule has 176 valence electrons. The van der Waals surface area contributed by atoms with E-state index in [1.165, 1.54) is 24.3 Å². The second-order valence-corrected chi connectivity index (χ2v) is 8.05. The molecule has 1 aliphatic heterocycles. The number of halogens is 1. The fourth-order valence-corrected chi connectivity index (χ4v) is 3.60. The summed E-state index contributed by atoms with van der Waals surface area (Å²) >= 11 is 6.15. The van der Waals surface area contributed by atoms with E-state index in [1.54, 1.807) is 55.5 Å². The number of carbonyl (C=O) groups excluding carboxylic acids is 3. The molecule has 0 unspecified atom stereocenters. The molecule has 1 heterocycles. The monoisotopic (exact) mass is 491 g/mol. The van der Waals surface area contributed by atoms with Crippen LogP contribution in [0.3, 0.4) is 0 Å². The Morgan fingerprint density at radius 3 is 2.57 bits per heavy atom. The molecule has 0 saturated carbocycles. The number of nitro groups is 1. The lowest BCUT2D eigenvalue weighted by molar-refractivity contribution is -0.384. The molecule has 1 saturated heterocycles. The van der Waals surface area contributed by atoms with E-state index < -0.39 is 22.8 Å². The summed E-state index contributed by atoms with van der Waals surface area (Å²) in [4.78, 5) is 49.5. The standard InChI is InChI=1S/C25H18ClN3O6/c1-15-9-10-18(13-21(15)26)28-24(31)20(23(30)27-25(28)32)12-17-6-2-3-8-22(17)35-14-16-5-4-7-19(11-16)29(33)34/h2-13H,14H2,1H3,(H,27,30,32)/b20-12+. The van der Waals surface area contributed by atoms with Gasteiger partial charge < -0.3 is 4.74 Å². The molecular formula is C25H18ClN3O6. The van der Waals surface area contributed by atoms with Gasteiger partial charge >= 0.3 is 6.03 Å². The molecule has 0 atom stereocenters. The summed E-state index contributed by atoms with van der Waals surface area (Å²) < 4.78 is 5.82. The zero-order valence-corrected chi connectivity index (χ0v) is 19.1. The van der Waals surface area contributed by atoms with Gasteiger partial charge in [0.25, 0.3) is 17.5 Å². The maximum atomic E-state index is 13.2. The maximum Gasteiger partial charge on any atom is 0.335 e. The van der Waals surface area contributed by atoms with Crippen LogP contribution in [0.4, 0.5) is 16.2 Å². The molecule has 1 N–H and O–H groups in total. The summed E-state index contributed by atoms with van der Waals surface area (Å²) in [7, 11) is 0. The number of carbonyl (C=O) groups is 3. The highest BCUT2D eigenvalue weighted by Crippen LogP contribution is 2.28. The first kappa shape index (κ1) is 23.7. The number of anilines is 1. The summed E-state index contributed by atoms with van der Waals surface area (Å²) in [5.74, 6) is -1.32. The average Bonchev–Trinajstić information content (AvgIpc) is 2.83. The van der Waals surface area contributed by atoms with E-state index in [0.717, 1.165) is 10.5 Å². The number of hydrogen-bond donors (Lipinski definition) is 1. The number of nitrogens with zero attached hydrogens (tertiary/aromatic N) is 2. The number of amides is 4. The fourth-order valence-electron chi connectivity index (χ4n) is 3.42. The van der Waals surface area contributed by atoms with Gasteiger partial charge in [0.15, 0.2) is 0 Å². The van der Waals surface area contributed by atoms with Crippen LogP contribution in [-0.4, -0.2) is 22.8 Å². The van der Waals surface area contributed by atoms with Crippen molar-refractivity contribution in [3.63, 3.8) is 0 Å². The average molecular weight is 492 g/mol. The lowest BCUT2D eigenvalue weighted by Crippen LogP contribution is -2.54. The van der Waals surface area contributed by atoms with Gasteiger partial charge in [-0.25, -0.2) is 9.69 Å². The number of barbiturate groups is 1. The zero-order chi connectivity index (χ0) is 25.1. The molecule has 1 fully saturated rings. The topological polar surface area (TPSA) is 119 Å².